The van der Waals surface area contributed by atoms with Gasteiger partial charge in [-0.15, -0.1) is 0 Å². The molecule has 22 heavy (non-hydrogen) atoms. The Hall–Kier alpha value is -1.23. The molecule has 0 unspecified atom stereocenters. The van der Waals surface area contributed by atoms with E-state index in [-0.39, 0.29) is 6.09 Å². The molecule has 5 heteroatoms. The molecule has 0 bridgehead atoms. The first-order valence-electron chi connectivity index (χ1n) is 7.88. The van der Waals surface area contributed by atoms with Gasteiger partial charge in [0.2, 0.25) is 0 Å². The fraction of sp³-hybridized carbons (Fsp3) is 0.647. The van der Waals surface area contributed by atoms with Gasteiger partial charge in [-0.1, -0.05) is 6.07 Å². The van der Waals surface area contributed by atoms with Gasteiger partial charge >= 0.3 is 6.09 Å². The van der Waals surface area contributed by atoms with E-state index < -0.39 is 5.60 Å². The Morgan fingerprint density at radius 3 is 3.00 bits per heavy atom. The number of thioether (sulfide) groups is 1. The summed E-state index contributed by atoms with van der Waals surface area (Å²) in [4.78, 5) is 18.1. The zero-order valence-electron chi connectivity index (χ0n) is 13.7. The number of aromatic nitrogens is 1. The predicted octanol–water partition coefficient (Wildman–Crippen LogP) is 3.96. The van der Waals surface area contributed by atoms with Crippen LogP contribution >= 0.6 is 11.8 Å². The van der Waals surface area contributed by atoms with E-state index in [4.69, 9.17) is 4.74 Å². The minimum atomic E-state index is -0.418. The van der Waals surface area contributed by atoms with Gasteiger partial charge in [0.05, 0.1) is 0 Å². The Labute approximate surface area is 137 Å². The van der Waals surface area contributed by atoms with Crippen molar-refractivity contribution in [1.82, 2.24) is 9.88 Å². The van der Waals surface area contributed by atoms with E-state index in [0.717, 1.165) is 31.0 Å². The highest BCUT2D eigenvalue weighted by Gasteiger charge is 2.27. The average Bonchev–Trinajstić information content (AvgIpc) is 2.47. The number of carbonyl (C=O) groups excluding carboxylic acids is 1. The molecule has 122 valence electrons. The lowest BCUT2D eigenvalue weighted by atomic mass is 10.0. The highest BCUT2D eigenvalue weighted by atomic mass is 32.2. The number of pyridine rings is 1. The first kappa shape index (κ1) is 17.1. The third-order valence-electron chi connectivity index (χ3n) is 3.52. The molecule has 0 aromatic carbocycles. The summed E-state index contributed by atoms with van der Waals surface area (Å²) >= 11 is 1.92. The minimum absolute atomic E-state index is 0.172. The molecule has 0 spiro atoms. The Bertz CT molecular complexity index is 473. The Kier molecular flexibility index (Phi) is 6.12. The lowest BCUT2D eigenvalue weighted by Gasteiger charge is -2.34. The van der Waals surface area contributed by atoms with Gasteiger partial charge < -0.3 is 9.64 Å². The third kappa shape index (κ3) is 5.87. The molecular formula is C17H26N2O2S. The van der Waals surface area contributed by atoms with Crippen molar-refractivity contribution in [3.05, 3.63) is 30.1 Å². The number of likely N-dealkylation sites (tertiary alicyclic amines) is 1. The van der Waals surface area contributed by atoms with Gasteiger partial charge in [0.15, 0.2) is 0 Å². The van der Waals surface area contributed by atoms with E-state index in [2.05, 4.69) is 11.1 Å². The normalized spacial score (nSPS) is 19.0. The monoisotopic (exact) mass is 322 g/mol. The summed E-state index contributed by atoms with van der Waals surface area (Å²) in [5, 5.41) is 0. The minimum Gasteiger partial charge on any atom is -0.444 e. The molecule has 0 radical (unpaired) electrons. The van der Waals surface area contributed by atoms with E-state index in [1.165, 1.54) is 12.0 Å². The highest BCUT2D eigenvalue weighted by Crippen LogP contribution is 2.24. The standard InChI is InChI=1S/C17H26N2O2S/c1-17(2,3)21-16(20)19-9-5-7-15(11-19)13-22-12-14-6-4-8-18-10-14/h4,6,8,10,15H,5,7,9,11-13H2,1-3H3/t15-/m1/s1. The molecular weight excluding hydrogens is 296 g/mol. The largest absolute Gasteiger partial charge is 0.444 e. The van der Waals surface area contributed by atoms with Crippen LogP contribution in [-0.2, 0) is 10.5 Å². The van der Waals surface area contributed by atoms with Crippen molar-refractivity contribution in [3.8, 4) is 0 Å². The molecule has 1 aromatic heterocycles. The van der Waals surface area contributed by atoms with Crippen LogP contribution in [0.25, 0.3) is 0 Å². The lowest BCUT2D eigenvalue weighted by Crippen LogP contribution is -2.43. The van der Waals surface area contributed by atoms with E-state index >= 15 is 0 Å². The van der Waals surface area contributed by atoms with E-state index in [1.54, 1.807) is 6.20 Å². The summed E-state index contributed by atoms with van der Waals surface area (Å²) in [6.07, 6.45) is 5.81. The van der Waals surface area contributed by atoms with Crippen LogP contribution in [0.4, 0.5) is 4.79 Å². The fourth-order valence-corrected chi connectivity index (χ4v) is 3.65. The Balaban J connectivity index is 1.75. The zero-order valence-corrected chi connectivity index (χ0v) is 14.6. The maximum atomic E-state index is 12.1. The summed E-state index contributed by atoms with van der Waals surface area (Å²) in [6.45, 7) is 7.37. The number of rotatable bonds is 4. The van der Waals surface area contributed by atoms with Crippen LogP contribution in [0.15, 0.2) is 24.5 Å². The SMILES string of the molecule is CC(C)(C)OC(=O)N1CCC[C@@H](CSCc2cccnc2)C1. The molecule has 1 aromatic rings. The van der Waals surface area contributed by atoms with Gasteiger partial charge in [-0.2, -0.15) is 11.8 Å². The number of carbonyl (C=O) groups is 1. The smallest absolute Gasteiger partial charge is 0.410 e. The average molecular weight is 322 g/mol. The fourth-order valence-electron chi connectivity index (χ4n) is 2.52. The van der Waals surface area contributed by atoms with Gasteiger partial charge in [0, 0.05) is 31.2 Å². The molecule has 2 heterocycles. The highest BCUT2D eigenvalue weighted by molar-refractivity contribution is 7.98. The summed E-state index contributed by atoms with van der Waals surface area (Å²) in [5.41, 5.74) is 0.839. The Morgan fingerprint density at radius 1 is 1.50 bits per heavy atom. The van der Waals surface area contributed by atoms with Crippen LogP contribution in [0.3, 0.4) is 0 Å². The number of piperidine rings is 1. The molecule has 1 saturated heterocycles. The van der Waals surface area contributed by atoms with Gasteiger partial charge in [-0.05, 0) is 56.9 Å². The van der Waals surface area contributed by atoms with Crippen LogP contribution in [0, 0.1) is 5.92 Å². The maximum absolute atomic E-state index is 12.1. The van der Waals surface area contributed by atoms with Crippen molar-refractivity contribution in [3.63, 3.8) is 0 Å². The maximum Gasteiger partial charge on any atom is 0.410 e. The number of hydrogen-bond donors (Lipinski definition) is 0. The first-order chi connectivity index (χ1) is 10.4. The quantitative estimate of drug-likeness (QED) is 0.841. The summed E-state index contributed by atoms with van der Waals surface area (Å²) in [5.74, 6) is 2.62. The van der Waals surface area contributed by atoms with Crippen LogP contribution in [0.2, 0.25) is 0 Å². The molecule has 1 amide bonds. The number of hydrogen-bond acceptors (Lipinski definition) is 4. The van der Waals surface area contributed by atoms with Gasteiger partial charge in [-0.25, -0.2) is 4.79 Å². The van der Waals surface area contributed by atoms with Gasteiger partial charge in [-0.3, -0.25) is 4.98 Å². The molecule has 0 saturated carbocycles. The van der Waals surface area contributed by atoms with E-state index in [9.17, 15) is 4.79 Å². The van der Waals surface area contributed by atoms with Crippen molar-refractivity contribution in [2.24, 2.45) is 5.92 Å². The van der Waals surface area contributed by atoms with Crippen molar-refractivity contribution < 1.29 is 9.53 Å². The first-order valence-corrected chi connectivity index (χ1v) is 9.04. The lowest BCUT2D eigenvalue weighted by molar-refractivity contribution is 0.0177. The van der Waals surface area contributed by atoms with Crippen LogP contribution in [0.5, 0.6) is 0 Å². The molecule has 0 aliphatic carbocycles. The van der Waals surface area contributed by atoms with E-state index in [0.29, 0.717) is 5.92 Å². The van der Waals surface area contributed by atoms with Crippen molar-refractivity contribution in [2.75, 3.05) is 18.8 Å². The molecule has 1 fully saturated rings. The van der Waals surface area contributed by atoms with Crippen LogP contribution in [-0.4, -0.2) is 40.4 Å². The summed E-state index contributed by atoms with van der Waals surface area (Å²) < 4.78 is 5.47. The number of amides is 1. The summed E-state index contributed by atoms with van der Waals surface area (Å²) in [7, 11) is 0. The second-order valence-electron chi connectivity index (χ2n) is 6.81. The van der Waals surface area contributed by atoms with Crippen molar-refractivity contribution in [2.45, 2.75) is 45.0 Å². The molecule has 1 atom stereocenters. The molecule has 0 N–H and O–H groups in total. The number of nitrogens with zero attached hydrogens (tertiary/aromatic N) is 2. The van der Waals surface area contributed by atoms with Crippen molar-refractivity contribution >= 4 is 17.9 Å². The van der Waals surface area contributed by atoms with Crippen LogP contribution < -0.4 is 0 Å². The van der Waals surface area contributed by atoms with E-state index in [1.807, 2.05) is 49.7 Å². The molecule has 1 aliphatic heterocycles. The molecule has 2 rings (SSSR count). The second-order valence-corrected chi connectivity index (χ2v) is 7.84. The predicted molar refractivity (Wildman–Crippen MR) is 90.9 cm³/mol. The van der Waals surface area contributed by atoms with Crippen LogP contribution in [0.1, 0.15) is 39.2 Å². The topological polar surface area (TPSA) is 42.4 Å². The Morgan fingerprint density at radius 2 is 2.32 bits per heavy atom. The number of ether oxygens (including phenoxy) is 1. The molecule has 1 aliphatic rings. The molecule has 4 nitrogen and oxygen atoms in total. The third-order valence-corrected chi connectivity index (χ3v) is 4.76. The second kappa shape index (κ2) is 7.86. The van der Waals surface area contributed by atoms with Gasteiger partial charge in [0.25, 0.3) is 0 Å². The zero-order chi connectivity index (χ0) is 16.0. The van der Waals surface area contributed by atoms with Crippen molar-refractivity contribution in [1.29, 1.82) is 0 Å². The summed E-state index contributed by atoms with van der Waals surface area (Å²) in [6, 6.07) is 4.08. The van der Waals surface area contributed by atoms with Gasteiger partial charge in [0.1, 0.15) is 5.60 Å².